The molecule has 0 saturated heterocycles. The third kappa shape index (κ3) is 4.19. The predicted molar refractivity (Wildman–Crippen MR) is 90.1 cm³/mol. The van der Waals surface area contributed by atoms with Crippen LogP contribution in [0.2, 0.25) is 0 Å². The fourth-order valence-corrected chi connectivity index (χ4v) is 2.60. The van der Waals surface area contributed by atoms with Crippen LogP contribution in [-0.4, -0.2) is 36.5 Å². The first kappa shape index (κ1) is 18.1. The van der Waals surface area contributed by atoms with Gasteiger partial charge in [-0.1, -0.05) is 18.1 Å². The summed E-state index contributed by atoms with van der Waals surface area (Å²) < 4.78 is 29.0. The number of aryl methyl sites for hydroxylation is 1. The van der Waals surface area contributed by atoms with E-state index in [4.69, 9.17) is 16.3 Å². The quantitative estimate of drug-likeness (QED) is 0.751. The predicted octanol–water partition coefficient (Wildman–Crippen LogP) is 0.412. The molecule has 25 heavy (non-hydrogen) atoms. The lowest BCUT2D eigenvalue weighted by atomic mass is 10.2. The highest BCUT2D eigenvalue weighted by atomic mass is 32.2. The van der Waals surface area contributed by atoms with Crippen molar-refractivity contribution >= 4 is 27.9 Å². The standard InChI is InChI=1S/C14H14N6O4S/c1-4-10-7-5-6-8-11(10)20(25(15,22)23)14(21)19-12-16-9(2)17-13(18-12)24-3/h1,5-8H,2-3H3,(H2,15,22,23)(H,16,17,18,19,21). The monoisotopic (exact) mass is 362 g/mol. The van der Waals surface area contributed by atoms with E-state index in [-0.39, 0.29) is 29.0 Å². The molecule has 10 nitrogen and oxygen atoms in total. The number of nitrogens with two attached hydrogens (primary N) is 1. The maximum absolute atomic E-state index is 12.5. The molecule has 0 aliphatic heterocycles. The van der Waals surface area contributed by atoms with Crippen molar-refractivity contribution in [1.82, 2.24) is 15.0 Å². The first-order chi connectivity index (χ1) is 11.8. The summed E-state index contributed by atoms with van der Waals surface area (Å²) in [6.07, 6.45) is 5.35. The average molecular weight is 362 g/mol. The number of aromatic nitrogens is 3. The topological polar surface area (TPSA) is 140 Å². The largest absolute Gasteiger partial charge is 0.467 e. The minimum Gasteiger partial charge on any atom is -0.467 e. The number of nitrogens with zero attached hydrogens (tertiary/aromatic N) is 4. The zero-order valence-corrected chi connectivity index (χ0v) is 14.1. The molecule has 0 fully saturated rings. The van der Waals surface area contributed by atoms with E-state index in [0.717, 1.165) is 0 Å². The number of nitrogens with one attached hydrogen (secondary N) is 1. The fraction of sp³-hybridized carbons (Fsp3) is 0.143. The van der Waals surface area contributed by atoms with Crippen LogP contribution in [0, 0.1) is 19.3 Å². The highest BCUT2D eigenvalue weighted by Crippen LogP contribution is 2.22. The van der Waals surface area contributed by atoms with Crippen molar-refractivity contribution in [3.8, 4) is 18.4 Å². The van der Waals surface area contributed by atoms with E-state index in [1.807, 2.05) is 0 Å². The molecule has 2 rings (SSSR count). The molecule has 0 aliphatic rings. The van der Waals surface area contributed by atoms with E-state index in [1.54, 1.807) is 13.0 Å². The van der Waals surface area contributed by atoms with Gasteiger partial charge in [0.1, 0.15) is 5.82 Å². The van der Waals surface area contributed by atoms with Gasteiger partial charge in [-0.15, -0.1) is 6.42 Å². The summed E-state index contributed by atoms with van der Waals surface area (Å²) in [5, 5.41) is 7.40. The minimum absolute atomic E-state index is 0.0472. The molecule has 0 atom stereocenters. The summed E-state index contributed by atoms with van der Waals surface area (Å²) in [6, 6.07) is 4.76. The summed E-state index contributed by atoms with van der Waals surface area (Å²) in [6.45, 7) is 1.55. The summed E-state index contributed by atoms with van der Waals surface area (Å²) >= 11 is 0. The van der Waals surface area contributed by atoms with Gasteiger partial charge in [0.2, 0.25) is 5.95 Å². The molecule has 0 spiro atoms. The summed E-state index contributed by atoms with van der Waals surface area (Å²) in [4.78, 5) is 24.0. The highest BCUT2D eigenvalue weighted by Gasteiger charge is 2.28. The number of amides is 2. The smallest absolute Gasteiger partial charge is 0.343 e. The van der Waals surface area contributed by atoms with E-state index in [9.17, 15) is 13.2 Å². The van der Waals surface area contributed by atoms with Gasteiger partial charge < -0.3 is 4.74 Å². The number of benzene rings is 1. The third-order valence-corrected chi connectivity index (χ3v) is 3.72. The van der Waals surface area contributed by atoms with E-state index in [2.05, 4.69) is 26.2 Å². The molecule has 0 aliphatic carbocycles. The molecule has 0 radical (unpaired) electrons. The number of para-hydroxylation sites is 1. The van der Waals surface area contributed by atoms with Gasteiger partial charge >= 0.3 is 22.3 Å². The molecular weight excluding hydrogens is 348 g/mol. The van der Waals surface area contributed by atoms with Gasteiger partial charge in [-0.3, -0.25) is 5.32 Å². The van der Waals surface area contributed by atoms with Crippen molar-refractivity contribution < 1.29 is 17.9 Å². The van der Waals surface area contributed by atoms with Gasteiger partial charge in [-0.25, -0.2) is 9.93 Å². The number of carbonyl (C=O) groups excluding carboxylic acids is 1. The van der Waals surface area contributed by atoms with Crippen LogP contribution in [0.5, 0.6) is 6.01 Å². The van der Waals surface area contributed by atoms with Crippen LogP contribution in [0.1, 0.15) is 11.4 Å². The van der Waals surface area contributed by atoms with Crippen molar-refractivity contribution in [2.45, 2.75) is 6.92 Å². The molecule has 0 unspecified atom stereocenters. The van der Waals surface area contributed by atoms with Gasteiger partial charge in [0.15, 0.2) is 0 Å². The van der Waals surface area contributed by atoms with Crippen LogP contribution < -0.4 is 19.5 Å². The SMILES string of the molecule is C#Cc1ccccc1N(C(=O)Nc1nc(C)nc(OC)n1)S(N)(=O)=O. The molecular formula is C14H14N6O4S. The van der Waals surface area contributed by atoms with Crippen LogP contribution in [0.25, 0.3) is 0 Å². The molecule has 2 aromatic rings. The lowest BCUT2D eigenvalue weighted by molar-refractivity contribution is 0.259. The molecule has 1 aromatic heterocycles. The summed E-state index contributed by atoms with van der Waals surface area (Å²) in [5.41, 5.74) is 0.0822. The zero-order valence-electron chi connectivity index (χ0n) is 13.3. The normalized spacial score (nSPS) is 10.6. The van der Waals surface area contributed by atoms with Gasteiger partial charge in [0, 0.05) is 5.56 Å². The molecule has 2 amide bonds. The molecule has 0 bridgehead atoms. The number of ether oxygens (including phenoxy) is 1. The summed E-state index contributed by atoms with van der Waals surface area (Å²) in [5.74, 6) is 2.34. The Kier molecular flexibility index (Phi) is 5.16. The van der Waals surface area contributed by atoms with E-state index in [0.29, 0.717) is 4.31 Å². The van der Waals surface area contributed by atoms with Gasteiger partial charge in [-0.05, 0) is 19.1 Å². The number of methoxy groups -OCH3 is 1. The van der Waals surface area contributed by atoms with Crippen molar-refractivity contribution in [3.05, 3.63) is 35.7 Å². The Balaban J connectivity index is 2.45. The maximum Gasteiger partial charge on any atom is 0.343 e. The number of hydrogen-bond donors (Lipinski definition) is 2. The molecule has 1 heterocycles. The lowest BCUT2D eigenvalue weighted by Gasteiger charge is -2.21. The number of urea groups is 1. The van der Waals surface area contributed by atoms with Crippen molar-refractivity contribution in [3.63, 3.8) is 0 Å². The van der Waals surface area contributed by atoms with Gasteiger partial charge in [-0.2, -0.15) is 27.7 Å². The van der Waals surface area contributed by atoms with Crippen LogP contribution >= 0.6 is 0 Å². The maximum atomic E-state index is 12.5. The van der Waals surface area contributed by atoms with Crippen molar-refractivity contribution in [2.75, 3.05) is 16.7 Å². The first-order valence-electron chi connectivity index (χ1n) is 6.72. The number of rotatable bonds is 4. The van der Waals surface area contributed by atoms with Crippen LogP contribution in [-0.2, 0) is 10.2 Å². The first-order valence-corrected chi connectivity index (χ1v) is 8.23. The Morgan fingerprint density at radius 3 is 2.60 bits per heavy atom. The molecule has 1 aromatic carbocycles. The Labute approximate surface area is 144 Å². The van der Waals surface area contributed by atoms with Gasteiger partial charge in [0.05, 0.1) is 12.8 Å². The third-order valence-electron chi connectivity index (χ3n) is 2.85. The average Bonchev–Trinajstić information content (AvgIpc) is 2.53. The van der Waals surface area contributed by atoms with Crippen LogP contribution in [0.3, 0.4) is 0 Å². The van der Waals surface area contributed by atoms with Crippen molar-refractivity contribution in [1.29, 1.82) is 0 Å². The van der Waals surface area contributed by atoms with E-state index in [1.165, 1.54) is 25.3 Å². The van der Waals surface area contributed by atoms with Gasteiger partial charge in [0.25, 0.3) is 0 Å². The van der Waals surface area contributed by atoms with Crippen LogP contribution in [0.15, 0.2) is 24.3 Å². The summed E-state index contributed by atoms with van der Waals surface area (Å²) in [7, 11) is -3.14. The number of hydrogen-bond acceptors (Lipinski definition) is 7. The zero-order chi connectivity index (χ0) is 18.6. The second kappa shape index (κ2) is 7.12. The number of anilines is 2. The molecule has 11 heteroatoms. The number of terminal acetylenes is 1. The Bertz CT molecular complexity index is 954. The van der Waals surface area contributed by atoms with E-state index < -0.39 is 16.2 Å². The minimum atomic E-state index is -4.47. The molecule has 3 N–H and O–H groups in total. The fourth-order valence-electron chi connectivity index (χ4n) is 1.89. The second-order valence-electron chi connectivity index (χ2n) is 4.59. The Hall–Kier alpha value is -3.23. The van der Waals surface area contributed by atoms with E-state index >= 15 is 0 Å². The highest BCUT2D eigenvalue weighted by molar-refractivity contribution is 7.91. The molecule has 0 saturated carbocycles. The Morgan fingerprint density at radius 1 is 1.32 bits per heavy atom. The van der Waals surface area contributed by atoms with Crippen LogP contribution in [0.4, 0.5) is 16.4 Å². The lowest BCUT2D eigenvalue weighted by Crippen LogP contribution is -2.44. The van der Waals surface area contributed by atoms with Crippen molar-refractivity contribution in [2.24, 2.45) is 5.14 Å². The molecule has 130 valence electrons. The number of carbonyl (C=O) groups is 1. The Morgan fingerprint density at radius 2 is 2.00 bits per heavy atom. The second-order valence-corrected chi connectivity index (χ2v) is 5.99.